The molecular weight excluding hydrogens is 562 g/mol. The number of aliphatic hydroxyl groups is 2. The smallest absolute Gasteiger partial charge is 0.309 e. The van der Waals surface area contributed by atoms with Crippen LogP contribution in [-0.4, -0.2) is 72.2 Å². The molecule has 3 aliphatic rings. The van der Waals surface area contributed by atoms with Crippen LogP contribution < -0.4 is 5.32 Å². The first-order valence-corrected chi connectivity index (χ1v) is 17.0. The summed E-state index contributed by atoms with van der Waals surface area (Å²) in [5.41, 5.74) is 0.985. The average Bonchev–Trinajstić information content (AvgIpc) is 3.00. The van der Waals surface area contributed by atoms with Gasteiger partial charge < -0.3 is 29.7 Å². The molecule has 3 N–H and O–H groups in total. The van der Waals surface area contributed by atoms with E-state index < -0.39 is 42.6 Å². The molecule has 9 nitrogen and oxygen atoms in total. The van der Waals surface area contributed by atoms with Crippen molar-refractivity contribution in [3.05, 3.63) is 23.8 Å². The Morgan fingerprint density at radius 2 is 1.73 bits per heavy atom. The molecule has 2 bridgehead atoms. The van der Waals surface area contributed by atoms with Gasteiger partial charge in [-0.3, -0.25) is 14.4 Å². The van der Waals surface area contributed by atoms with E-state index in [4.69, 9.17) is 14.2 Å². The Morgan fingerprint density at radius 3 is 2.43 bits per heavy atom. The highest BCUT2D eigenvalue weighted by atomic mass is 16.7. The minimum absolute atomic E-state index is 0.0220. The highest BCUT2D eigenvalue weighted by Crippen LogP contribution is 2.28. The van der Waals surface area contributed by atoms with Crippen LogP contribution in [0.5, 0.6) is 0 Å². The molecule has 1 amide bonds. The summed E-state index contributed by atoms with van der Waals surface area (Å²) in [6.45, 7) is 7.94. The second kappa shape index (κ2) is 20.9. The van der Waals surface area contributed by atoms with Crippen molar-refractivity contribution in [2.24, 2.45) is 17.8 Å². The van der Waals surface area contributed by atoms with Gasteiger partial charge in [-0.2, -0.15) is 0 Å². The van der Waals surface area contributed by atoms with Crippen LogP contribution in [-0.2, 0) is 28.6 Å². The number of aliphatic hydroxyl groups excluding tert-OH is 2. The van der Waals surface area contributed by atoms with Crippen LogP contribution in [0.1, 0.15) is 118 Å². The van der Waals surface area contributed by atoms with E-state index in [2.05, 4.69) is 25.2 Å². The normalized spacial score (nSPS) is 35.4. The molecule has 0 aromatic rings. The monoisotopic (exact) mass is 621 g/mol. The van der Waals surface area contributed by atoms with E-state index >= 15 is 0 Å². The molecule has 1 saturated heterocycles. The molecule has 1 fully saturated rings. The van der Waals surface area contributed by atoms with E-state index in [1.807, 2.05) is 26.0 Å². The maximum absolute atomic E-state index is 12.9. The zero-order valence-electron chi connectivity index (χ0n) is 27.8. The Balaban J connectivity index is 2.11. The minimum Gasteiger partial charge on any atom is -0.452 e. The number of allylic oxidation sites excluding steroid dienone is 3. The van der Waals surface area contributed by atoms with E-state index in [9.17, 15) is 24.6 Å². The summed E-state index contributed by atoms with van der Waals surface area (Å²) in [5.74, 6) is -0.205. The van der Waals surface area contributed by atoms with Gasteiger partial charge in [0, 0.05) is 32.9 Å². The van der Waals surface area contributed by atoms with Gasteiger partial charge >= 0.3 is 5.97 Å². The van der Waals surface area contributed by atoms with Gasteiger partial charge in [0.25, 0.3) is 5.91 Å². The van der Waals surface area contributed by atoms with Crippen molar-refractivity contribution in [2.45, 2.75) is 148 Å². The molecule has 0 aromatic carbocycles. The van der Waals surface area contributed by atoms with Crippen molar-refractivity contribution in [2.75, 3.05) is 13.7 Å². The standard InChI is InChI=1S/C35H59NO8/c1-6-12-32-33(40)36-23-29(38)22-30(39)31-20-19-27(35(42-5)44-31)16-10-14-26(7-2)15-11-18-28(37)17-9-8-13-24(3)21-25(4)34(41)43-32/h10,14,16,24-26,29-32,35,38-39H,6-9,11-13,15,17-23H2,1-5H3,(H,36,40)/b14-10+,27-16-/t24-,25-,26-,29-,30?,31-,32-,35?/m0/s1. The van der Waals surface area contributed by atoms with Crippen LogP contribution in [0.25, 0.3) is 0 Å². The number of rotatable bonds is 4. The van der Waals surface area contributed by atoms with Crippen LogP contribution in [0.4, 0.5) is 0 Å². The van der Waals surface area contributed by atoms with E-state index in [1.165, 1.54) is 0 Å². The van der Waals surface area contributed by atoms with Crippen molar-refractivity contribution in [3.8, 4) is 0 Å². The predicted molar refractivity (Wildman–Crippen MR) is 171 cm³/mol. The van der Waals surface area contributed by atoms with E-state index in [-0.39, 0.29) is 18.9 Å². The maximum Gasteiger partial charge on any atom is 0.309 e. The van der Waals surface area contributed by atoms with Gasteiger partial charge in [0.2, 0.25) is 0 Å². The average molecular weight is 622 g/mol. The largest absolute Gasteiger partial charge is 0.452 e. The fraction of sp³-hybridized carbons (Fsp3) is 0.800. The topological polar surface area (TPSA) is 131 Å². The number of fused-ring (bicyclic) bond motifs is 24. The fourth-order valence-electron chi connectivity index (χ4n) is 6.09. The maximum atomic E-state index is 12.9. The lowest BCUT2D eigenvalue weighted by Gasteiger charge is -2.34. The van der Waals surface area contributed by atoms with Gasteiger partial charge in [0.15, 0.2) is 12.4 Å². The number of hydrogen-bond donors (Lipinski definition) is 3. The number of amides is 1. The van der Waals surface area contributed by atoms with Gasteiger partial charge in [0.05, 0.1) is 24.2 Å². The quantitative estimate of drug-likeness (QED) is 0.348. The van der Waals surface area contributed by atoms with Crippen molar-refractivity contribution in [1.82, 2.24) is 5.32 Å². The molecular formula is C35H59NO8. The summed E-state index contributed by atoms with van der Waals surface area (Å²) in [5, 5.41) is 24.1. The number of carbonyl (C=O) groups is 3. The van der Waals surface area contributed by atoms with Crippen LogP contribution in [0.3, 0.4) is 0 Å². The molecule has 9 heteroatoms. The summed E-state index contributed by atoms with van der Waals surface area (Å²) in [6, 6.07) is 0. The highest BCUT2D eigenvalue weighted by Gasteiger charge is 2.32. The van der Waals surface area contributed by atoms with Crippen LogP contribution >= 0.6 is 0 Å². The summed E-state index contributed by atoms with van der Waals surface area (Å²) < 4.78 is 17.2. The van der Waals surface area contributed by atoms with Gasteiger partial charge in [-0.05, 0) is 68.8 Å². The number of Topliss-reactive ketones (excluding diaryl/α,β-unsaturated/α-hetero) is 1. The molecule has 0 radical (unpaired) electrons. The second-order valence-electron chi connectivity index (χ2n) is 12.9. The van der Waals surface area contributed by atoms with E-state index in [0.29, 0.717) is 62.6 Å². The third-order valence-electron chi connectivity index (χ3n) is 8.90. The molecule has 0 spiro atoms. The van der Waals surface area contributed by atoms with Crippen molar-refractivity contribution >= 4 is 17.7 Å². The first kappa shape index (κ1) is 38.1. The zero-order chi connectivity index (χ0) is 32.5. The molecule has 3 rings (SSSR count). The molecule has 8 atom stereocenters. The third-order valence-corrected chi connectivity index (χ3v) is 8.90. The van der Waals surface area contributed by atoms with E-state index in [1.54, 1.807) is 7.11 Å². The SMILES string of the molecule is CCC[C@@H]1OC(=O)[C@@H](C)C[C@@H](C)CCCCC(=O)CCC[C@@H](CC)/C=C/C=C2/CC[C@H](OC2OC)C(O)C[C@H](O)CNC1=O. The van der Waals surface area contributed by atoms with Crippen LogP contribution in [0, 0.1) is 17.8 Å². The van der Waals surface area contributed by atoms with Gasteiger partial charge in [-0.25, -0.2) is 0 Å². The minimum atomic E-state index is -0.996. The van der Waals surface area contributed by atoms with Crippen molar-refractivity contribution < 1.29 is 38.8 Å². The Hall–Kier alpha value is -2.07. The molecule has 0 aromatic heterocycles. The number of esters is 1. The number of ketones is 1. The Morgan fingerprint density at radius 1 is 0.977 bits per heavy atom. The summed E-state index contributed by atoms with van der Waals surface area (Å²) in [7, 11) is 1.57. The number of nitrogens with one attached hydrogen (secondary N) is 1. The van der Waals surface area contributed by atoms with Crippen molar-refractivity contribution in [1.29, 1.82) is 0 Å². The second-order valence-corrected chi connectivity index (χ2v) is 12.9. The Kier molecular flexibility index (Phi) is 18.1. The molecule has 3 aliphatic heterocycles. The third kappa shape index (κ3) is 13.9. The van der Waals surface area contributed by atoms with Crippen LogP contribution in [0.2, 0.25) is 0 Å². The fourth-order valence-corrected chi connectivity index (χ4v) is 6.09. The number of methoxy groups -OCH3 is 1. The number of hydrogen-bond acceptors (Lipinski definition) is 8. The molecule has 44 heavy (non-hydrogen) atoms. The number of ether oxygens (including phenoxy) is 3. The Bertz CT molecular complexity index is 934. The highest BCUT2D eigenvalue weighted by molar-refractivity contribution is 5.84. The lowest BCUT2D eigenvalue weighted by Crippen LogP contribution is -2.44. The Labute approximate surface area is 265 Å². The molecule has 0 saturated carbocycles. The zero-order valence-corrected chi connectivity index (χ0v) is 27.8. The predicted octanol–water partition coefficient (Wildman–Crippen LogP) is 5.56. The summed E-state index contributed by atoms with van der Waals surface area (Å²) in [6.07, 6.45) is 12.0. The first-order valence-electron chi connectivity index (χ1n) is 17.0. The van der Waals surface area contributed by atoms with Gasteiger partial charge in [0.1, 0.15) is 5.78 Å². The molecule has 3 heterocycles. The van der Waals surface area contributed by atoms with Crippen LogP contribution in [0.15, 0.2) is 23.8 Å². The van der Waals surface area contributed by atoms with Gasteiger partial charge in [-0.15, -0.1) is 0 Å². The van der Waals surface area contributed by atoms with Gasteiger partial charge in [-0.1, -0.05) is 65.2 Å². The molecule has 2 unspecified atom stereocenters. The summed E-state index contributed by atoms with van der Waals surface area (Å²) in [4.78, 5) is 38.2. The first-order chi connectivity index (χ1) is 21.1. The summed E-state index contributed by atoms with van der Waals surface area (Å²) >= 11 is 0. The van der Waals surface area contributed by atoms with E-state index in [0.717, 1.165) is 44.1 Å². The molecule has 252 valence electrons. The lowest BCUT2D eigenvalue weighted by atomic mass is 9.92. The van der Waals surface area contributed by atoms with Crippen molar-refractivity contribution in [3.63, 3.8) is 0 Å². The lowest BCUT2D eigenvalue weighted by molar-refractivity contribution is -0.181. The molecule has 0 aliphatic carbocycles. The number of carbonyl (C=O) groups excluding carboxylic acids is 3.